The fourth-order valence-electron chi connectivity index (χ4n) is 2.87. The normalized spacial score (nSPS) is 24.2. The lowest BCUT2D eigenvalue weighted by atomic mass is 10.2. The van der Waals surface area contributed by atoms with E-state index >= 15 is 0 Å². The number of piperazine rings is 1. The maximum Gasteiger partial charge on any atom is 0.224 e. The molecule has 0 saturated carbocycles. The third-order valence-corrected chi connectivity index (χ3v) is 5.23. The smallest absolute Gasteiger partial charge is 0.224 e. The maximum absolute atomic E-state index is 12.3. The summed E-state index contributed by atoms with van der Waals surface area (Å²) in [6, 6.07) is 4.28. The van der Waals surface area contributed by atoms with Gasteiger partial charge in [-0.2, -0.15) is 11.8 Å². The Balaban J connectivity index is 1.41. The molecule has 3 heterocycles. The lowest BCUT2D eigenvalue weighted by Crippen LogP contribution is -2.50. The molecule has 0 aromatic carbocycles. The third-order valence-electron chi connectivity index (χ3n) is 4.10. The number of carbonyl (C=O) groups excluding carboxylic acids is 1. The van der Waals surface area contributed by atoms with Crippen LogP contribution in [-0.4, -0.2) is 66.0 Å². The van der Waals surface area contributed by atoms with E-state index in [1.54, 1.807) is 6.26 Å². The van der Waals surface area contributed by atoms with Gasteiger partial charge in [-0.25, -0.2) is 0 Å². The van der Waals surface area contributed by atoms with Crippen LogP contribution in [0, 0.1) is 0 Å². The highest BCUT2D eigenvalue weighted by atomic mass is 32.2. The van der Waals surface area contributed by atoms with E-state index in [-0.39, 0.29) is 0 Å². The van der Waals surface area contributed by atoms with E-state index in [0.29, 0.717) is 18.4 Å². The molecule has 2 saturated heterocycles. The first kappa shape index (κ1) is 14.9. The van der Waals surface area contributed by atoms with E-state index < -0.39 is 0 Å². The second kappa shape index (κ2) is 7.33. The Morgan fingerprint density at radius 3 is 2.90 bits per heavy atom. The Kier molecular flexibility index (Phi) is 5.22. The van der Waals surface area contributed by atoms with Gasteiger partial charge in [0.1, 0.15) is 5.76 Å². The SMILES string of the molecule is O=C(CC1CSCCN1)N1CCN(Cc2ccco2)CC1. The standard InChI is InChI=1S/C15H23N3O2S/c19-15(10-13-12-21-9-3-16-13)18-6-4-17(5-7-18)11-14-2-1-8-20-14/h1-2,8,13,16H,3-7,9-12H2. The van der Waals surface area contributed by atoms with Gasteiger partial charge in [0, 0.05) is 56.7 Å². The summed E-state index contributed by atoms with van der Waals surface area (Å²) in [6.45, 7) is 5.40. The van der Waals surface area contributed by atoms with Crippen molar-refractivity contribution in [1.82, 2.24) is 15.1 Å². The van der Waals surface area contributed by atoms with E-state index in [1.165, 1.54) is 0 Å². The van der Waals surface area contributed by atoms with E-state index in [0.717, 1.165) is 56.5 Å². The van der Waals surface area contributed by atoms with Gasteiger partial charge in [-0.15, -0.1) is 0 Å². The maximum atomic E-state index is 12.3. The zero-order valence-electron chi connectivity index (χ0n) is 12.3. The minimum Gasteiger partial charge on any atom is -0.468 e. The average molecular weight is 309 g/mol. The van der Waals surface area contributed by atoms with Crippen molar-refractivity contribution in [3.8, 4) is 0 Å². The van der Waals surface area contributed by atoms with Gasteiger partial charge in [-0.1, -0.05) is 0 Å². The fraction of sp³-hybridized carbons (Fsp3) is 0.667. The fourth-order valence-corrected chi connectivity index (χ4v) is 3.82. The van der Waals surface area contributed by atoms with Crippen LogP contribution < -0.4 is 5.32 Å². The van der Waals surface area contributed by atoms with Gasteiger partial charge in [0.2, 0.25) is 5.91 Å². The van der Waals surface area contributed by atoms with Crippen LogP contribution in [0.4, 0.5) is 0 Å². The number of nitrogens with one attached hydrogen (secondary N) is 1. The van der Waals surface area contributed by atoms with Crippen LogP contribution in [0.3, 0.4) is 0 Å². The molecular weight excluding hydrogens is 286 g/mol. The molecule has 116 valence electrons. The number of nitrogens with zero attached hydrogens (tertiary/aromatic N) is 2. The van der Waals surface area contributed by atoms with Crippen molar-refractivity contribution in [3.05, 3.63) is 24.2 Å². The number of amides is 1. The molecule has 1 amide bonds. The summed E-state index contributed by atoms with van der Waals surface area (Å²) in [5.74, 6) is 3.52. The van der Waals surface area contributed by atoms with Crippen LogP contribution >= 0.6 is 11.8 Å². The molecule has 1 atom stereocenters. The van der Waals surface area contributed by atoms with Crippen molar-refractivity contribution in [1.29, 1.82) is 0 Å². The largest absolute Gasteiger partial charge is 0.468 e. The highest BCUT2D eigenvalue weighted by Gasteiger charge is 2.24. The summed E-state index contributed by atoms with van der Waals surface area (Å²) in [6.07, 6.45) is 2.36. The monoisotopic (exact) mass is 309 g/mol. The Morgan fingerprint density at radius 1 is 1.38 bits per heavy atom. The quantitative estimate of drug-likeness (QED) is 0.900. The summed E-state index contributed by atoms with van der Waals surface area (Å²) >= 11 is 1.94. The minimum atomic E-state index is 0.299. The second-order valence-corrected chi connectivity index (χ2v) is 6.82. The van der Waals surface area contributed by atoms with Crippen molar-refractivity contribution in [2.75, 3.05) is 44.2 Å². The van der Waals surface area contributed by atoms with E-state index in [9.17, 15) is 4.79 Å². The first-order valence-electron chi connectivity index (χ1n) is 7.65. The predicted molar refractivity (Wildman–Crippen MR) is 84.3 cm³/mol. The van der Waals surface area contributed by atoms with Gasteiger partial charge in [0.15, 0.2) is 0 Å². The van der Waals surface area contributed by atoms with Crippen molar-refractivity contribution in [3.63, 3.8) is 0 Å². The number of hydrogen-bond acceptors (Lipinski definition) is 5. The van der Waals surface area contributed by atoms with Crippen molar-refractivity contribution in [2.24, 2.45) is 0 Å². The summed E-state index contributed by atoms with van der Waals surface area (Å²) in [5.41, 5.74) is 0. The van der Waals surface area contributed by atoms with E-state index in [1.807, 2.05) is 28.8 Å². The number of hydrogen-bond donors (Lipinski definition) is 1. The summed E-state index contributed by atoms with van der Waals surface area (Å²) in [5, 5.41) is 3.44. The summed E-state index contributed by atoms with van der Waals surface area (Å²) in [7, 11) is 0. The molecule has 2 aliphatic rings. The van der Waals surface area contributed by atoms with Crippen LogP contribution in [0.25, 0.3) is 0 Å². The Morgan fingerprint density at radius 2 is 2.24 bits per heavy atom. The molecule has 1 unspecified atom stereocenters. The lowest BCUT2D eigenvalue weighted by Gasteiger charge is -2.35. The van der Waals surface area contributed by atoms with Crippen LogP contribution in [0.2, 0.25) is 0 Å². The molecule has 0 aliphatic carbocycles. The van der Waals surface area contributed by atoms with Gasteiger partial charge in [-0.05, 0) is 12.1 Å². The van der Waals surface area contributed by atoms with Gasteiger partial charge in [0.05, 0.1) is 12.8 Å². The molecule has 0 spiro atoms. The molecule has 5 nitrogen and oxygen atoms in total. The molecule has 0 bridgehead atoms. The molecule has 1 N–H and O–H groups in total. The van der Waals surface area contributed by atoms with Crippen LogP contribution in [-0.2, 0) is 11.3 Å². The summed E-state index contributed by atoms with van der Waals surface area (Å²) < 4.78 is 5.38. The molecule has 2 aliphatic heterocycles. The zero-order chi connectivity index (χ0) is 14.5. The molecule has 21 heavy (non-hydrogen) atoms. The predicted octanol–water partition coefficient (Wildman–Crippen LogP) is 1.02. The topological polar surface area (TPSA) is 48.7 Å². The molecule has 6 heteroatoms. The first-order chi connectivity index (χ1) is 10.3. The summed E-state index contributed by atoms with van der Waals surface area (Å²) in [4.78, 5) is 16.7. The van der Waals surface area contributed by atoms with Crippen molar-refractivity contribution in [2.45, 2.75) is 19.0 Å². The van der Waals surface area contributed by atoms with Gasteiger partial charge in [-0.3, -0.25) is 9.69 Å². The number of carbonyl (C=O) groups is 1. The Hall–Kier alpha value is -0.980. The average Bonchev–Trinajstić information content (AvgIpc) is 3.02. The van der Waals surface area contributed by atoms with Crippen molar-refractivity contribution < 1.29 is 9.21 Å². The second-order valence-electron chi connectivity index (χ2n) is 5.67. The number of thioether (sulfide) groups is 1. The first-order valence-corrected chi connectivity index (χ1v) is 8.80. The number of furan rings is 1. The van der Waals surface area contributed by atoms with Crippen LogP contribution in [0.1, 0.15) is 12.2 Å². The van der Waals surface area contributed by atoms with Gasteiger partial charge >= 0.3 is 0 Å². The van der Waals surface area contributed by atoms with Crippen molar-refractivity contribution >= 4 is 17.7 Å². The molecule has 1 aromatic heterocycles. The highest BCUT2D eigenvalue weighted by molar-refractivity contribution is 7.99. The Bertz CT molecular complexity index is 438. The van der Waals surface area contributed by atoms with Gasteiger partial charge in [0.25, 0.3) is 0 Å². The molecule has 1 aromatic rings. The number of rotatable bonds is 4. The Labute approximate surface area is 130 Å². The van der Waals surface area contributed by atoms with Crippen LogP contribution in [0.15, 0.2) is 22.8 Å². The molecule has 2 fully saturated rings. The van der Waals surface area contributed by atoms with Crippen LogP contribution in [0.5, 0.6) is 0 Å². The van der Waals surface area contributed by atoms with E-state index in [2.05, 4.69) is 10.2 Å². The molecular formula is C15H23N3O2S. The van der Waals surface area contributed by atoms with E-state index in [4.69, 9.17) is 4.42 Å². The zero-order valence-corrected chi connectivity index (χ0v) is 13.1. The third kappa shape index (κ3) is 4.25. The lowest BCUT2D eigenvalue weighted by molar-refractivity contribution is -0.133. The molecule has 0 radical (unpaired) electrons. The highest BCUT2D eigenvalue weighted by Crippen LogP contribution is 2.13. The van der Waals surface area contributed by atoms with Gasteiger partial charge < -0.3 is 14.6 Å². The molecule has 3 rings (SSSR count). The minimum absolute atomic E-state index is 0.299.